The van der Waals surface area contributed by atoms with Crippen molar-refractivity contribution in [1.29, 1.82) is 0 Å². The van der Waals surface area contributed by atoms with Crippen molar-refractivity contribution in [3.63, 3.8) is 0 Å². The van der Waals surface area contributed by atoms with Crippen LogP contribution in [0, 0.1) is 0 Å². The van der Waals surface area contributed by atoms with E-state index in [0.29, 0.717) is 6.54 Å². The van der Waals surface area contributed by atoms with Gasteiger partial charge in [0.05, 0.1) is 13.2 Å². The van der Waals surface area contributed by atoms with Crippen LogP contribution in [0.1, 0.15) is 44.6 Å². The molecule has 0 saturated carbocycles. The highest BCUT2D eigenvalue weighted by Gasteiger charge is 2.16. The molecule has 1 aromatic carbocycles. The van der Waals surface area contributed by atoms with Crippen molar-refractivity contribution < 1.29 is 9.53 Å². The lowest BCUT2D eigenvalue weighted by atomic mass is 10.1. The van der Waals surface area contributed by atoms with E-state index in [2.05, 4.69) is 24.4 Å². The molecule has 1 aliphatic rings. The highest BCUT2D eigenvalue weighted by atomic mass is 16.5. The molecule has 23 heavy (non-hydrogen) atoms. The Balaban J connectivity index is 1.63. The average Bonchev–Trinajstić information content (AvgIpc) is 3.10. The van der Waals surface area contributed by atoms with Crippen LogP contribution in [-0.4, -0.2) is 43.6 Å². The monoisotopic (exact) mass is 318 g/mol. The van der Waals surface area contributed by atoms with E-state index in [1.807, 2.05) is 17.0 Å². The smallest absolute Gasteiger partial charge is 0.236 e. The molecule has 128 valence electrons. The quantitative estimate of drug-likeness (QED) is 0.674. The predicted octanol–water partition coefficient (Wildman–Crippen LogP) is 3.01. The van der Waals surface area contributed by atoms with Crippen LogP contribution in [0.4, 0.5) is 0 Å². The van der Waals surface area contributed by atoms with Crippen LogP contribution in [0.3, 0.4) is 0 Å². The highest BCUT2D eigenvalue weighted by molar-refractivity contribution is 5.78. The first-order valence-electron chi connectivity index (χ1n) is 9.00. The van der Waals surface area contributed by atoms with Gasteiger partial charge in [-0.05, 0) is 49.9 Å². The standard InChI is InChI=1S/C19H30N2O2/c1-2-3-6-14-23-18-9-7-8-17(15-18)10-11-20-16-19(22)21-12-4-5-13-21/h7-9,15,20H,2-6,10-14,16H2,1H3. The Kier molecular flexibility index (Phi) is 7.95. The van der Waals surface area contributed by atoms with Gasteiger partial charge >= 0.3 is 0 Å². The highest BCUT2D eigenvalue weighted by Crippen LogP contribution is 2.14. The van der Waals surface area contributed by atoms with E-state index in [0.717, 1.165) is 57.7 Å². The van der Waals surface area contributed by atoms with Gasteiger partial charge in [-0.3, -0.25) is 4.79 Å². The van der Waals surface area contributed by atoms with Gasteiger partial charge in [0, 0.05) is 13.1 Å². The molecule has 1 saturated heterocycles. The summed E-state index contributed by atoms with van der Waals surface area (Å²) >= 11 is 0. The Morgan fingerprint density at radius 2 is 2.09 bits per heavy atom. The van der Waals surface area contributed by atoms with E-state index in [-0.39, 0.29) is 5.91 Å². The number of carbonyl (C=O) groups excluding carboxylic acids is 1. The Hall–Kier alpha value is -1.55. The zero-order valence-corrected chi connectivity index (χ0v) is 14.4. The lowest BCUT2D eigenvalue weighted by Crippen LogP contribution is -2.36. The van der Waals surface area contributed by atoms with Gasteiger partial charge < -0.3 is 15.0 Å². The molecule has 2 rings (SSSR count). The average molecular weight is 318 g/mol. The maximum absolute atomic E-state index is 11.9. The summed E-state index contributed by atoms with van der Waals surface area (Å²) in [4.78, 5) is 13.9. The molecule has 0 unspecified atom stereocenters. The summed E-state index contributed by atoms with van der Waals surface area (Å²) in [6.45, 7) is 6.11. The molecule has 4 nitrogen and oxygen atoms in total. The molecular weight excluding hydrogens is 288 g/mol. The summed E-state index contributed by atoms with van der Waals surface area (Å²) < 4.78 is 5.78. The van der Waals surface area contributed by atoms with Gasteiger partial charge in [-0.2, -0.15) is 0 Å². The largest absolute Gasteiger partial charge is 0.494 e. The van der Waals surface area contributed by atoms with Gasteiger partial charge in [-0.25, -0.2) is 0 Å². The Labute approximate surface area is 140 Å². The van der Waals surface area contributed by atoms with Crippen LogP contribution < -0.4 is 10.1 Å². The zero-order valence-electron chi connectivity index (χ0n) is 14.4. The molecule has 0 aromatic heterocycles. The van der Waals surface area contributed by atoms with Gasteiger partial charge in [-0.1, -0.05) is 31.9 Å². The second-order valence-electron chi connectivity index (χ2n) is 6.22. The molecule has 0 radical (unpaired) electrons. The number of benzene rings is 1. The maximum Gasteiger partial charge on any atom is 0.236 e. The number of nitrogens with one attached hydrogen (secondary N) is 1. The third-order valence-electron chi connectivity index (χ3n) is 4.24. The van der Waals surface area contributed by atoms with Crippen molar-refractivity contribution in [2.75, 3.05) is 32.8 Å². The summed E-state index contributed by atoms with van der Waals surface area (Å²) in [5.41, 5.74) is 1.25. The molecule has 0 aliphatic carbocycles. The van der Waals surface area contributed by atoms with Gasteiger partial charge in [-0.15, -0.1) is 0 Å². The fraction of sp³-hybridized carbons (Fsp3) is 0.632. The fourth-order valence-electron chi connectivity index (χ4n) is 2.84. The molecule has 1 aliphatic heterocycles. The number of unbranched alkanes of at least 4 members (excludes halogenated alkanes) is 2. The van der Waals surface area contributed by atoms with Crippen LogP contribution in [0.15, 0.2) is 24.3 Å². The van der Waals surface area contributed by atoms with Gasteiger partial charge in [0.15, 0.2) is 0 Å². The number of carbonyl (C=O) groups is 1. The molecule has 0 bridgehead atoms. The molecule has 1 amide bonds. The molecular formula is C19H30N2O2. The molecule has 4 heteroatoms. The van der Waals surface area contributed by atoms with Crippen molar-refractivity contribution in [2.24, 2.45) is 0 Å². The summed E-state index contributed by atoms with van der Waals surface area (Å²) in [5.74, 6) is 1.18. The van der Waals surface area contributed by atoms with Gasteiger partial charge in [0.25, 0.3) is 0 Å². The van der Waals surface area contributed by atoms with Gasteiger partial charge in [0.2, 0.25) is 5.91 Å². The topological polar surface area (TPSA) is 41.6 Å². The minimum Gasteiger partial charge on any atom is -0.494 e. The molecule has 0 spiro atoms. The number of amides is 1. The van der Waals surface area contributed by atoms with E-state index in [1.165, 1.54) is 18.4 Å². The van der Waals surface area contributed by atoms with Crippen molar-refractivity contribution in [1.82, 2.24) is 10.2 Å². The van der Waals surface area contributed by atoms with Crippen LogP contribution in [-0.2, 0) is 11.2 Å². The fourth-order valence-corrected chi connectivity index (χ4v) is 2.84. The first kappa shape index (κ1) is 17.8. The molecule has 1 aromatic rings. The number of rotatable bonds is 10. The minimum atomic E-state index is 0.232. The SMILES string of the molecule is CCCCCOc1cccc(CCNCC(=O)N2CCCC2)c1. The van der Waals surface area contributed by atoms with E-state index >= 15 is 0 Å². The third kappa shape index (κ3) is 6.61. The summed E-state index contributed by atoms with van der Waals surface area (Å²) in [6.07, 6.45) is 6.76. The van der Waals surface area contributed by atoms with Crippen molar-refractivity contribution in [3.05, 3.63) is 29.8 Å². The first-order valence-corrected chi connectivity index (χ1v) is 9.00. The summed E-state index contributed by atoms with van der Waals surface area (Å²) in [5, 5.41) is 3.26. The van der Waals surface area contributed by atoms with Crippen molar-refractivity contribution >= 4 is 5.91 Å². The van der Waals surface area contributed by atoms with E-state index in [1.54, 1.807) is 0 Å². The second-order valence-corrected chi connectivity index (χ2v) is 6.22. The van der Waals surface area contributed by atoms with Crippen LogP contribution >= 0.6 is 0 Å². The lowest BCUT2D eigenvalue weighted by molar-refractivity contribution is -0.129. The zero-order chi connectivity index (χ0) is 16.3. The molecule has 0 atom stereocenters. The normalized spacial score (nSPS) is 14.2. The predicted molar refractivity (Wildman–Crippen MR) is 93.8 cm³/mol. The number of ether oxygens (including phenoxy) is 1. The Morgan fingerprint density at radius 1 is 1.26 bits per heavy atom. The Bertz CT molecular complexity index is 470. The second kappa shape index (κ2) is 10.3. The summed E-state index contributed by atoms with van der Waals surface area (Å²) in [6, 6.07) is 8.28. The maximum atomic E-state index is 11.9. The number of likely N-dealkylation sites (tertiary alicyclic amines) is 1. The van der Waals surface area contributed by atoms with Crippen LogP contribution in [0.5, 0.6) is 5.75 Å². The van der Waals surface area contributed by atoms with E-state index in [4.69, 9.17) is 4.74 Å². The summed E-state index contributed by atoms with van der Waals surface area (Å²) in [7, 11) is 0. The third-order valence-corrected chi connectivity index (χ3v) is 4.24. The molecule has 1 heterocycles. The Morgan fingerprint density at radius 3 is 2.87 bits per heavy atom. The lowest BCUT2D eigenvalue weighted by Gasteiger charge is -2.15. The molecule has 1 N–H and O–H groups in total. The minimum absolute atomic E-state index is 0.232. The van der Waals surface area contributed by atoms with E-state index in [9.17, 15) is 4.79 Å². The van der Waals surface area contributed by atoms with Crippen molar-refractivity contribution in [2.45, 2.75) is 45.4 Å². The number of nitrogens with zero attached hydrogens (tertiary/aromatic N) is 1. The van der Waals surface area contributed by atoms with Crippen LogP contribution in [0.2, 0.25) is 0 Å². The van der Waals surface area contributed by atoms with Crippen molar-refractivity contribution in [3.8, 4) is 5.75 Å². The number of hydrogen-bond donors (Lipinski definition) is 1. The van der Waals surface area contributed by atoms with Gasteiger partial charge in [0.1, 0.15) is 5.75 Å². The number of hydrogen-bond acceptors (Lipinski definition) is 3. The van der Waals surface area contributed by atoms with Crippen LogP contribution in [0.25, 0.3) is 0 Å². The molecule has 1 fully saturated rings. The van der Waals surface area contributed by atoms with E-state index < -0.39 is 0 Å². The first-order chi connectivity index (χ1) is 11.3.